The van der Waals surface area contributed by atoms with Gasteiger partial charge in [0, 0.05) is 11.5 Å². The number of hydrogen-bond donors (Lipinski definition) is 1. The van der Waals surface area contributed by atoms with Gasteiger partial charge in [-0.2, -0.15) is 5.10 Å². The number of hydrazone groups is 1. The third-order valence-corrected chi connectivity index (χ3v) is 4.41. The van der Waals surface area contributed by atoms with Crippen LogP contribution >= 0.6 is 0 Å². The second-order valence-corrected chi connectivity index (χ2v) is 6.17. The van der Waals surface area contributed by atoms with Gasteiger partial charge in [0.05, 0.1) is 27.5 Å². The van der Waals surface area contributed by atoms with Crippen molar-refractivity contribution in [3.05, 3.63) is 41.3 Å². The highest BCUT2D eigenvalue weighted by Gasteiger charge is 2.36. The quantitative estimate of drug-likeness (QED) is 0.607. The van der Waals surface area contributed by atoms with Crippen molar-refractivity contribution in [2.24, 2.45) is 11.0 Å². The third-order valence-electron chi connectivity index (χ3n) is 4.41. The molecule has 1 saturated carbocycles. The molecule has 1 N–H and O–H groups in total. The highest BCUT2D eigenvalue weighted by atomic mass is 16.5. The molecule has 1 aliphatic rings. The Bertz CT molecular complexity index is 802. The molecular weight excluding hydrogens is 336 g/mol. The summed E-state index contributed by atoms with van der Waals surface area (Å²) >= 11 is 0. The van der Waals surface area contributed by atoms with Crippen LogP contribution in [-0.2, 0) is 0 Å². The molecule has 0 spiro atoms. The lowest BCUT2D eigenvalue weighted by Gasteiger charge is -2.13. The fourth-order valence-electron chi connectivity index (χ4n) is 2.79. The van der Waals surface area contributed by atoms with E-state index in [1.807, 2.05) is 12.1 Å². The molecule has 1 aliphatic carbocycles. The van der Waals surface area contributed by atoms with Crippen LogP contribution in [0.2, 0.25) is 0 Å². The van der Waals surface area contributed by atoms with Crippen molar-refractivity contribution in [2.75, 3.05) is 21.3 Å². The number of furan rings is 1. The van der Waals surface area contributed by atoms with Crippen LogP contribution in [0.3, 0.4) is 0 Å². The van der Waals surface area contributed by atoms with Crippen molar-refractivity contribution < 1.29 is 23.4 Å². The minimum atomic E-state index is -0.400. The van der Waals surface area contributed by atoms with E-state index in [1.54, 1.807) is 12.1 Å². The Kier molecular flexibility index (Phi) is 5.16. The summed E-state index contributed by atoms with van der Waals surface area (Å²) in [7, 11) is 4.49. The number of hydrogen-bond acceptors (Lipinski definition) is 6. The third kappa shape index (κ3) is 3.66. The number of methoxy groups -OCH3 is 3. The molecular formula is C19H22N2O5. The van der Waals surface area contributed by atoms with E-state index in [4.69, 9.17) is 18.6 Å². The molecule has 1 heterocycles. The minimum absolute atomic E-state index is 0.337. The molecule has 0 unspecified atom stereocenters. The summed E-state index contributed by atoms with van der Waals surface area (Å²) in [5.74, 6) is 3.57. The Hall–Kier alpha value is -2.96. The first-order valence-corrected chi connectivity index (χ1v) is 8.30. The van der Waals surface area contributed by atoms with E-state index in [0.29, 0.717) is 40.4 Å². The first-order chi connectivity index (χ1) is 12.6. The molecule has 7 heteroatoms. The van der Waals surface area contributed by atoms with Crippen molar-refractivity contribution in [3.8, 4) is 17.2 Å². The average molecular weight is 358 g/mol. The normalized spacial score (nSPS) is 18.6. The average Bonchev–Trinajstić information content (AvgIpc) is 3.20. The standard InChI is InChI=1S/C19H22N2O5/c1-11-7-14(11)15-6-5-13(26-15)10-20-21-19(22)12-8-16(23-2)18(25-4)17(9-12)24-3/h5-6,8-11,14H,7H2,1-4H3,(H,21,22)/b20-10-/t11-,14+/m0/s1. The monoisotopic (exact) mass is 358 g/mol. The van der Waals surface area contributed by atoms with Crippen LogP contribution in [0.5, 0.6) is 17.2 Å². The van der Waals surface area contributed by atoms with Crippen molar-refractivity contribution in [1.29, 1.82) is 0 Å². The van der Waals surface area contributed by atoms with Gasteiger partial charge in [0.15, 0.2) is 11.5 Å². The number of nitrogens with zero attached hydrogens (tertiary/aromatic N) is 1. The minimum Gasteiger partial charge on any atom is -0.493 e. The summed E-state index contributed by atoms with van der Waals surface area (Å²) < 4.78 is 21.4. The molecule has 7 nitrogen and oxygen atoms in total. The molecule has 1 fully saturated rings. The van der Waals surface area contributed by atoms with Gasteiger partial charge in [0.2, 0.25) is 5.75 Å². The van der Waals surface area contributed by atoms with Crippen LogP contribution in [0, 0.1) is 5.92 Å². The lowest BCUT2D eigenvalue weighted by atomic mass is 10.1. The van der Waals surface area contributed by atoms with Gasteiger partial charge in [-0.15, -0.1) is 0 Å². The van der Waals surface area contributed by atoms with Gasteiger partial charge in [0.1, 0.15) is 11.5 Å². The molecule has 3 rings (SSSR count). The van der Waals surface area contributed by atoms with Gasteiger partial charge in [-0.1, -0.05) is 6.92 Å². The molecule has 0 saturated heterocycles. The zero-order valence-corrected chi connectivity index (χ0v) is 15.2. The molecule has 138 valence electrons. The fraction of sp³-hybridized carbons (Fsp3) is 0.368. The van der Waals surface area contributed by atoms with Gasteiger partial charge in [-0.25, -0.2) is 5.43 Å². The van der Waals surface area contributed by atoms with Gasteiger partial charge in [-0.05, 0) is 36.6 Å². The molecule has 0 radical (unpaired) electrons. The second-order valence-electron chi connectivity index (χ2n) is 6.17. The summed E-state index contributed by atoms with van der Waals surface area (Å²) in [4.78, 5) is 12.3. The van der Waals surface area contributed by atoms with E-state index in [9.17, 15) is 4.79 Å². The lowest BCUT2D eigenvalue weighted by Crippen LogP contribution is -2.18. The molecule has 26 heavy (non-hydrogen) atoms. The number of rotatable bonds is 7. The molecule has 0 aliphatic heterocycles. The van der Waals surface area contributed by atoms with E-state index in [-0.39, 0.29) is 0 Å². The molecule has 0 bridgehead atoms. The lowest BCUT2D eigenvalue weighted by molar-refractivity contribution is 0.0954. The smallest absolute Gasteiger partial charge is 0.271 e. The van der Waals surface area contributed by atoms with Crippen LogP contribution in [0.1, 0.15) is 41.1 Å². The van der Waals surface area contributed by atoms with E-state index in [1.165, 1.54) is 27.5 Å². The Labute approximate surface area is 151 Å². The van der Waals surface area contributed by atoms with E-state index in [2.05, 4.69) is 17.5 Å². The molecule has 2 aromatic rings. The SMILES string of the molecule is COc1cc(C(=O)N/N=C\c2ccc([C@@H]3C[C@@H]3C)o2)cc(OC)c1OC. The number of carbonyl (C=O) groups is 1. The Morgan fingerprint density at radius 2 is 1.85 bits per heavy atom. The maximum Gasteiger partial charge on any atom is 0.271 e. The van der Waals surface area contributed by atoms with E-state index in [0.717, 1.165) is 12.2 Å². The Balaban J connectivity index is 1.68. The molecule has 2 atom stereocenters. The Morgan fingerprint density at radius 3 is 2.38 bits per heavy atom. The molecule has 1 aromatic carbocycles. The van der Waals surface area contributed by atoms with E-state index >= 15 is 0 Å². The summed E-state index contributed by atoms with van der Waals surface area (Å²) in [6.07, 6.45) is 2.63. The maximum atomic E-state index is 12.3. The van der Waals surface area contributed by atoms with Crippen LogP contribution < -0.4 is 19.6 Å². The molecule has 1 amide bonds. The van der Waals surface area contributed by atoms with Gasteiger partial charge in [-0.3, -0.25) is 4.79 Å². The van der Waals surface area contributed by atoms with Crippen LogP contribution in [-0.4, -0.2) is 33.5 Å². The highest BCUT2D eigenvalue weighted by Crippen LogP contribution is 2.47. The second kappa shape index (κ2) is 7.51. The van der Waals surface area contributed by atoms with Gasteiger partial charge in [0.25, 0.3) is 5.91 Å². The highest BCUT2D eigenvalue weighted by molar-refractivity contribution is 5.96. The topological polar surface area (TPSA) is 82.3 Å². The van der Waals surface area contributed by atoms with Gasteiger partial charge >= 0.3 is 0 Å². The van der Waals surface area contributed by atoms with Crippen LogP contribution in [0.15, 0.2) is 33.8 Å². The fourth-order valence-corrected chi connectivity index (χ4v) is 2.79. The first kappa shape index (κ1) is 17.8. The number of nitrogens with one attached hydrogen (secondary N) is 1. The van der Waals surface area contributed by atoms with Crippen molar-refractivity contribution in [2.45, 2.75) is 19.3 Å². The predicted molar refractivity (Wildman–Crippen MR) is 96.4 cm³/mol. The predicted octanol–water partition coefficient (Wildman–Crippen LogP) is 3.19. The summed E-state index contributed by atoms with van der Waals surface area (Å²) in [6.45, 7) is 2.19. The number of ether oxygens (including phenoxy) is 3. The largest absolute Gasteiger partial charge is 0.493 e. The van der Waals surface area contributed by atoms with Gasteiger partial charge < -0.3 is 18.6 Å². The molecule has 1 aromatic heterocycles. The van der Waals surface area contributed by atoms with E-state index < -0.39 is 5.91 Å². The number of carbonyl (C=O) groups excluding carboxylic acids is 1. The zero-order chi connectivity index (χ0) is 18.7. The van der Waals surface area contributed by atoms with Crippen LogP contribution in [0.4, 0.5) is 0 Å². The summed E-state index contributed by atoms with van der Waals surface area (Å²) in [5, 5.41) is 3.95. The maximum absolute atomic E-state index is 12.3. The number of benzene rings is 1. The zero-order valence-electron chi connectivity index (χ0n) is 15.2. The number of amides is 1. The van der Waals surface area contributed by atoms with Crippen molar-refractivity contribution >= 4 is 12.1 Å². The first-order valence-electron chi connectivity index (χ1n) is 8.30. The van der Waals surface area contributed by atoms with Crippen LogP contribution in [0.25, 0.3) is 0 Å². The van der Waals surface area contributed by atoms with Crippen molar-refractivity contribution in [3.63, 3.8) is 0 Å². The van der Waals surface area contributed by atoms with Crippen molar-refractivity contribution in [1.82, 2.24) is 5.43 Å². The summed E-state index contributed by atoms with van der Waals surface area (Å²) in [5.41, 5.74) is 2.81. The summed E-state index contributed by atoms with van der Waals surface area (Å²) in [6, 6.07) is 6.92. The Morgan fingerprint density at radius 1 is 1.19 bits per heavy atom.